The molecule has 1 atom stereocenters. The quantitative estimate of drug-likeness (QED) is 0.828. The fraction of sp³-hybridized carbons (Fsp3) is 0.455. The number of hydrogen-bond donors (Lipinski definition) is 2. The van der Waals surface area contributed by atoms with Crippen LogP contribution < -0.4 is 11.1 Å². The summed E-state index contributed by atoms with van der Waals surface area (Å²) < 4.78 is 1.94. The van der Waals surface area contributed by atoms with E-state index in [0.29, 0.717) is 11.7 Å². The normalized spacial score (nSPS) is 12.9. The van der Waals surface area contributed by atoms with Crippen molar-refractivity contribution in [2.45, 2.75) is 26.3 Å². The maximum atomic E-state index is 5.85. The standard InChI is InChI=1S/C11H17N5/c1-4-7(2)16-11-8(5-15-16)10(13-3)9(12)6-14-11/h5-7H,4,12H2,1-3H3,(H,13,14)/t7-/m1/s1. The van der Waals surface area contributed by atoms with E-state index in [1.807, 2.05) is 17.9 Å². The number of nitrogens with zero attached hydrogens (tertiary/aromatic N) is 3. The third-order valence-electron chi connectivity index (χ3n) is 2.91. The minimum atomic E-state index is 0.346. The first-order valence-electron chi connectivity index (χ1n) is 5.48. The molecular formula is C11H17N5. The van der Waals surface area contributed by atoms with Crippen LogP contribution in [0.1, 0.15) is 26.3 Å². The summed E-state index contributed by atoms with van der Waals surface area (Å²) in [6, 6.07) is 0.346. The van der Waals surface area contributed by atoms with Crippen molar-refractivity contribution in [3.63, 3.8) is 0 Å². The Hall–Kier alpha value is -1.78. The van der Waals surface area contributed by atoms with Crippen molar-refractivity contribution in [3.8, 4) is 0 Å². The van der Waals surface area contributed by atoms with Crippen LogP contribution in [0, 0.1) is 0 Å². The fourth-order valence-corrected chi connectivity index (χ4v) is 1.79. The van der Waals surface area contributed by atoms with E-state index < -0.39 is 0 Å². The first kappa shape index (κ1) is 10.7. The lowest BCUT2D eigenvalue weighted by atomic mass is 10.2. The van der Waals surface area contributed by atoms with Crippen LogP contribution in [0.15, 0.2) is 12.4 Å². The topological polar surface area (TPSA) is 68.8 Å². The van der Waals surface area contributed by atoms with Gasteiger partial charge < -0.3 is 11.1 Å². The van der Waals surface area contributed by atoms with E-state index in [0.717, 1.165) is 23.1 Å². The number of pyridine rings is 1. The van der Waals surface area contributed by atoms with Crippen molar-refractivity contribution in [3.05, 3.63) is 12.4 Å². The van der Waals surface area contributed by atoms with Crippen LogP contribution in [0.2, 0.25) is 0 Å². The number of aromatic nitrogens is 3. The second kappa shape index (κ2) is 4.00. The Labute approximate surface area is 94.7 Å². The molecule has 0 saturated carbocycles. The van der Waals surface area contributed by atoms with Crippen LogP contribution in [0.25, 0.3) is 11.0 Å². The molecule has 16 heavy (non-hydrogen) atoms. The van der Waals surface area contributed by atoms with Gasteiger partial charge in [0, 0.05) is 7.05 Å². The summed E-state index contributed by atoms with van der Waals surface area (Å²) in [6.45, 7) is 4.26. The summed E-state index contributed by atoms with van der Waals surface area (Å²) >= 11 is 0. The van der Waals surface area contributed by atoms with E-state index in [1.54, 1.807) is 6.20 Å². The molecule has 0 aliphatic rings. The van der Waals surface area contributed by atoms with Gasteiger partial charge in [0.25, 0.3) is 0 Å². The number of fused-ring (bicyclic) bond motifs is 1. The van der Waals surface area contributed by atoms with Gasteiger partial charge in [0.15, 0.2) is 5.65 Å². The third-order valence-corrected chi connectivity index (χ3v) is 2.91. The largest absolute Gasteiger partial charge is 0.396 e. The maximum absolute atomic E-state index is 5.85. The van der Waals surface area contributed by atoms with Crippen LogP contribution in [0.5, 0.6) is 0 Å². The smallest absolute Gasteiger partial charge is 0.160 e. The Morgan fingerprint density at radius 1 is 1.50 bits per heavy atom. The Balaban J connectivity index is 2.66. The molecule has 3 N–H and O–H groups in total. The minimum absolute atomic E-state index is 0.346. The predicted molar refractivity (Wildman–Crippen MR) is 66.5 cm³/mol. The highest BCUT2D eigenvalue weighted by Gasteiger charge is 2.13. The lowest BCUT2D eigenvalue weighted by Crippen LogP contribution is -2.06. The average molecular weight is 219 g/mol. The lowest BCUT2D eigenvalue weighted by molar-refractivity contribution is 0.490. The zero-order valence-corrected chi connectivity index (χ0v) is 9.86. The Bertz CT molecular complexity index is 502. The van der Waals surface area contributed by atoms with Gasteiger partial charge >= 0.3 is 0 Å². The number of nitrogens with two attached hydrogens (primary N) is 1. The molecule has 2 rings (SSSR count). The number of hydrogen-bond acceptors (Lipinski definition) is 4. The molecule has 0 aromatic carbocycles. The number of rotatable bonds is 3. The minimum Gasteiger partial charge on any atom is -0.396 e. The molecule has 0 bridgehead atoms. The van der Waals surface area contributed by atoms with Gasteiger partial charge in [0.1, 0.15) is 0 Å². The predicted octanol–water partition coefficient (Wildman–Crippen LogP) is 2.03. The highest BCUT2D eigenvalue weighted by atomic mass is 15.3. The fourth-order valence-electron chi connectivity index (χ4n) is 1.79. The van der Waals surface area contributed by atoms with Gasteiger partial charge in [-0.3, -0.25) is 0 Å². The molecule has 0 aliphatic carbocycles. The molecule has 0 aliphatic heterocycles. The van der Waals surface area contributed by atoms with Crippen LogP contribution >= 0.6 is 0 Å². The van der Waals surface area contributed by atoms with Gasteiger partial charge in [-0.05, 0) is 13.3 Å². The molecule has 2 heterocycles. The molecule has 2 aromatic heterocycles. The van der Waals surface area contributed by atoms with Crippen molar-refractivity contribution in [2.75, 3.05) is 18.1 Å². The van der Waals surface area contributed by atoms with E-state index in [-0.39, 0.29) is 0 Å². The summed E-state index contributed by atoms with van der Waals surface area (Å²) in [5.74, 6) is 0. The molecule has 0 unspecified atom stereocenters. The Morgan fingerprint density at radius 3 is 2.88 bits per heavy atom. The maximum Gasteiger partial charge on any atom is 0.160 e. The Morgan fingerprint density at radius 2 is 2.25 bits per heavy atom. The Kier molecular flexibility index (Phi) is 2.68. The monoisotopic (exact) mass is 219 g/mol. The van der Waals surface area contributed by atoms with Gasteiger partial charge in [0.05, 0.1) is 35.2 Å². The summed E-state index contributed by atoms with van der Waals surface area (Å²) in [5.41, 5.74) is 8.29. The lowest BCUT2D eigenvalue weighted by Gasteiger charge is -2.11. The molecule has 0 spiro atoms. The molecule has 0 amide bonds. The van der Waals surface area contributed by atoms with Crippen molar-refractivity contribution < 1.29 is 0 Å². The average Bonchev–Trinajstić information content (AvgIpc) is 2.71. The third kappa shape index (κ3) is 1.48. The first-order valence-corrected chi connectivity index (χ1v) is 5.48. The van der Waals surface area contributed by atoms with Gasteiger partial charge in [-0.15, -0.1) is 0 Å². The van der Waals surface area contributed by atoms with Crippen molar-refractivity contribution in [1.82, 2.24) is 14.8 Å². The first-order chi connectivity index (χ1) is 7.69. The second-order valence-electron chi connectivity index (χ2n) is 3.92. The van der Waals surface area contributed by atoms with Crippen LogP contribution in [-0.2, 0) is 0 Å². The number of nitrogen functional groups attached to an aromatic ring is 1. The summed E-state index contributed by atoms with van der Waals surface area (Å²) in [7, 11) is 1.85. The number of nitrogens with one attached hydrogen (secondary N) is 1. The highest BCUT2D eigenvalue weighted by Crippen LogP contribution is 2.28. The van der Waals surface area contributed by atoms with E-state index in [1.165, 1.54) is 0 Å². The summed E-state index contributed by atoms with van der Waals surface area (Å²) in [6.07, 6.45) is 4.52. The van der Waals surface area contributed by atoms with Gasteiger partial charge in [-0.2, -0.15) is 5.10 Å². The van der Waals surface area contributed by atoms with Gasteiger partial charge in [-0.1, -0.05) is 6.92 Å². The van der Waals surface area contributed by atoms with Crippen molar-refractivity contribution in [1.29, 1.82) is 0 Å². The molecule has 5 heteroatoms. The second-order valence-corrected chi connectivity index (χ2v) is 3.92. The molecule has 0 saturated heterocycles. The molecule has 0 radical (unpaired) electrons. The number of anilines is 2. The summed E-state index contributed by atoms with van der Waals surface area (Å²) in [4.78, 5) is 4.35. The molecule has 2 aromatic rings. The van der Waals surface area contributed by atoms with Crippen LogP contribution in [0.3, 0.4) is 0 Å². The molecular weight excluding hydrogens is 202 g/mol. The molecule has 5 nitrogen and oxygen atoms in total. The van der Waals surface area contributed by atoms with Gasteiger partial charge in [-0.25, -0.2) is 9.67 Å². The van der Waals surface area contributed by atoms with Crippen molar-refractivity contribution >= 4 is 22.4 Å². The van der Waals surface area contributed by atoms with E-state index in [2.05, 4.69) is 29.2 Å². The molecule has 0 fully saturated rings. The van der Waals surface area contributed by atoms with Crippen molar-refractivity contribution in [2.24, 2.45) is 0 Å². The van der Waals surface area contributed by atoms with Crippen LogP contribution in [0.4, 0.5) is 11.4 Å². The SMILES string of the molecule is CC[C@@H](C)n1ncc2c(NC)c(N)cnc21. The van der Waals surface area contributed by atoms with Gasteiger partial charge in [0.2, 0.25) is 0 Å². The highest BCUT2D eigenvalue weighted by molar-refractivity contribution is 5.95. The van der Waals surface area contributed by atoms with Crippen LogP contribution in [-0.4, -0.2) is 21.8 Å². The molecule has 86 valence electrons. The van der Waals surface area contributed by atoms with E-state index in [4.69, 9.17) is 5.73 Å². The zero-order chi connectivity index (χ0) is 11.7. The van der Waals surface area contributed by atoms with E-state index in [9.17, 15) is 0 Å². The van der Waals surface area contributed by atoms with E-state index >= 15 is 0 Å². The zero-order valence-electron chi connectivity index (χ0n) is 9.86. The summed E-state index contributed by atoms with van der Waals surface area (Å²) in [5, 5.41) is 8.44.